The zero-order valence-corrected chi connectivity index (χ0v) is 13.0. The van der Waals surface area contributed by atoms with E-state index in [4.69, 9.17) is 4.74 Å². The minimum atomic E-state index is 0.625. The van der Waals surface area contributed by atoms with Gasteiger partial charge >= 0.3 is 0 Å². The third-order valence-corrected chi connectivity index (χ3v) is 4.47. The van der Waals surface area contributed by atoms with Crippen molar-refractivity contribution in [2.24, 2.45) is 5.92 Å². The van der Waals surface area contributed by atoms with Gasteiger partial charge in [-0.05, 0) is 50.3 Å². The molecule has 0 saturated heterocycles. The van der Waals surface area contributed by atoms with Gasteiger partial charge in [-0.25, -0.2) is 0 Å². The van der Waals surface area contributed by atoms with Crippen molar-refractivity contribution in [2.45, 2.75) is 65.0 Å². The number of nitrogens with one attached hydrogen (secondary N) is 1. The van der Waals surface area contributed by atoms with Crippen molar-refractivity contribution in [3.63, 3.8) is 0 Å². The average Bonchev–Trinajstić information content (AvgIpc) is 2.76. The van der Waals surface area contributed by atoms with Crippen LogP contribution in [-0.4, -0.2) is 12.6 Å². The molecule has 2 rings (SSSR count). The van der Waals surface area contributed by atoms with Gasteiger partial charge in [0.2, 0.25) is 0 Å². The molecule has 1 aliphatic rings. The van der Waals surface area contributed by atoms with Crippen LogP contribution in [-0.2, 0) is 6.54 Å². The van der Waals surface area contributed by atoms with E-state index in [1.807, 2.05) is 6.92 Å². The van der Waals surface area contributed by atoms with E-state index in [1.165, 1.54) is 44.1 Å². The quantitative estimate of drug-likeness (QED) is 0.770. The molecular weight excluding hydrogens is 246 g/mol. The van der Waals surface area contributed by atoms with Crippen molar-refractivity contribution in [3.8, 4) is 5.75 Å². The van der Waals surface area contributed by atoms with Crippen LogP contribution in [0.1, 0.15) is 57.9 Å². The van der Waals surface area contributed by atoms with Gasteiger partial charge in [0, 0.05) is 12.6 Å². The Labute approximate surface area is 123 Å². The van der Waals surface area contributed by atoms with Gasteiger partial charge in [-0.1, -0.05) is 37.8 Å². The molecule has 0 unspecified atom stereocenters. The molecule has 1 aromatic rings. The summed E-state index contributed by atoms with van der Waals surface area (Å²) in [5, 5.41) is 3.71. The summed E-state index contributed by atoms with van der Waals surface area (Å²) in [5.74, 6) is 1.83. The fraction of sp³-hybridized carbons (Fsp3) is 0.667. The first kappa shape index (κ1) is 15.4. The number of rotatable bonds is 6. The molecule has 0 bridgehead atoms. The third-order valence-electron chi connectivity index (χ3n) is 4.47. The predicted octanol–water partition coefficient (Wildman–Crippen LogP) is 4.53. The molecule has 0 aromatic heterocycles. The van der Waals surface area contributed by atoms with Gasteiger partial charge in [0.25, 0.3) is 0 Å². The van der Waals surface area contributed by atoms with Gasteiger partial charge < -0.3 is 10.1 Å². The van der Waals surface area contributed by atoms with Crippen LogP contribution in [0.3, 0.4) is 0 Å². The fourth-order valence-corrected chi connectivity index (χ4v) is 3.13. The minimum Gasteiger partial charge on any atom is -0.494 e. The Hall–Kier alpha value is -1.02. The van der Waals surface area contributed by atoms with E-state index in [2.05, 4.69) is 36.5 Å². The maximum atomic E-state index is 5.48. The van der Waals surface area contributed by atoms with Crippen molar-refractivity contribution in [3.05, 3.63) is 29.8 Å². The van der Waals surface area contributed by atoms with E-state index in [0.717, 1.165) is 24.8 Å². The summed E-state index contributed by atoms with van der Waals surface area (Å²) < 4.78 is 5.48. The summed E-state index contributed by atoms with van der Waals surface area (Å²) in [6, 6.07) is 9.09. The molecule has 1 aliphatic carbocycles. The van der Waals surface area contributed by atoms with Gasteiger partial charge in [-0.3, -0.25) is 0 Å². The molecule has 20 heavy (non-hydrogen) atoms. The lowest BCUT2D eigenvalue weighted by atomic mass is 9.93. The van der Waals surface area contributed by atoms with Gasteiger partial charge in [-0.15, -0.1) is 0 Å². The van der Waals surface area contributed by atoms with Gasteiger partial charge in [0.1, 0.15) is 5.75 Å². The summed E-state index contributed by atoms with van der Waals surface area (Å²) in [4.78, 5) is 0. The summed E-state index contributed by atoms with van der Waals surface area (Å²) in [5.41, 5.74) is 1.34. The predicted molar refractivity (Wildman–Crippen MR) is 85.1 cm³/mol. The lowest BCUT2D eigenvalue weighted by Crippen LogP contribution is -2.32. The topological polar surface area (TPSA) is 21.3 Å². The van der Waals surface area contributed by atoms with E-state index in [1.54, 1.807) is 0 Å². The van der Waals surface area contributed by atoms with Gasteiger partial charge in [0.05, 0.1) is 6.61 Å². The number of hydrogen-bond donors (Lipinski definition) is 1. The minimum absolute atomic E-state index is 0.625. The standard InChI is InChI=1S/C18H29NO/c1-3-20-18-12-10-16(11-13-18)14-19-15(2)17-8-6-4-5-7-9-17/h10-13,15,17,19H,3-9,14H2,1-2H3/t15-/m0/s1. The van der Waals surface area contributed by atoms with Crippen LogP contribution in [0.4, 0.5) is 0 Å². The fourth-order valence-electron chi connectivity index (χ4n) is 3.13. The van der Waals surface area contributed by atoms with E-state index < -0.39 is 0 Å². The Morgan fingerprint density at radius 3 is 2.35 bits per heavy atom. The molecule has 1 aromatic carbocycles. The maximum Gasteiger partial charge on any atom is 0.119 e. The molecule has 1 atom stereocenters. The molecule has 0 spiro atoms. The highest BCUT2D eigenvalue weighted by molar-refractivity contribution is 5.27. The number of ether oxygens (including phenoxy) is 1. The highest BCUT2D eigenvalue weighted by Gasteiger charge is 2.18. The zero-order valence-electron chi connectivity index (χ0n) is 13.0. The van der Waals surface area contributed by atoms with Crippen LogP contribution < -0.4 is 10.1 Å². The SMILES string of the molecule is CCOc1ccc(CN[C@@H](C)C2CCCCCC2)cc1. The Balaban J connectivity index is 1.78. The van der Waals surface area contributed by atoms with Crippen molar-refractivity contribution in [2.75, 3.05) is 6.61 Å². The van der Waals surface area contributed by atoms with E-state index in [-0.39, 0.29) is 0 Å². The highest BCUT2D eigenvalue weighted by atomic mass is 16.5. The molecule has 1 N–H and O–H groups in total. The molecule has 0 aliphatic heterocycles. The largest absolute Gasteiger partial charge is 0.494 e. The van der Waals surface area contributed by atoms with Crippen molar-refractivity contribution in [1.82, 2.24) is 5.32 Å². The first-order valence-corrected chi connectivity index (χ1v) is 8.24. The Kier molecular flexibility index (Phi) is 6.38. The van der Waals surface area contributed by atoms with Gasteiger partial charge in [-0.2, -0.15) is 0 Å². The second-order valence-electron chi connectivity index (χ2n) is 6.00. The van der Waals surface area contributed by atoms with Crippen LogP contribution in [0.5, 0.6) is 5.75 Å². The summed E-state index contributed by atoms with van der Waals surface area (Å²) in [7, 11) is 0. The Morgan fingerprint density at radius 1 is 1.10 bits per heavy atom. The van der Waals surface area contributed by atoms with Crippen LogP contribution in [0, 0.1) is 5.92 Å². The lowest BCUT2D eigenvalue weighted by Gasteiger charge is -2.23. The Bertz CT molecular complexity index is 366. The molecular formula is C18H29NO. The first-order valence-electron chi connectivity index (χ1n) is 8.24. The number of benzene rings is 1. The smallest absolute Gasteiger partial charge is 0.119 e. The molecule has 1 saturated carbocycles. The Morgan fingerprint density at radius 2 is 1.75 bits per heavy atom. The van der Waals surface area contributed by atoms with Crippen LogP contribution in [0.25, 0.3) is 0 Å². The molecule has 2 heteroatoms. The number of hydrogen-bond acceptors (Lipinski definition) is 2. The van der Waals surface area contributed by atoms with Crippen LogP contribution >= 0.6 is 0 Å². The van der Waals surface area contributed by atoms with Gasteiger partial charge in [0.15, 0.2) is 0 Å². The zero-order chi connectivity index (χ0) is 14.2. The van der Waals surface area contributed by atoms with Crippen molar-refractivity contribution in [1.29, 1.82) is 0 Å². The molecule has 2 nitrogen and oxygen atoms in total. The maximum absolute atomic E-state index is 5.48. The van der Waals surface area contributed by atoms with E-state index >= 15 is 0 Å². The molecule has 1 fully saturated rings. The van der Waals surface area contributed by atoms with Crippen LogP contribution in [0.15, 0.2) is 24.3 Å². The molecule has 0 heterocycles. The second-order valence-corrected chi connectivity index (χ2v) is 6.00. The van der Waals surface area contributed by atoms with E-state index in [0.29, 0.717) is 6.04 Å². The molecule has 112 valence electrons. The summed E-state index contributed by atoms with van der Waals surface area (Å²) in [6.45, 7) is 6.06. The molecule has 0 radical (unpaired) electrons. The molecule has 0 amide bonds. The monoisotopic (exact) mass is 275 g/mol. The van der Waals surface area contributed by atoms with Crippen molar-refractivity contribution < 1.29 is 4.74 Å². The van der Waals surface area contributed by atoms with Crippen LogP contribution in [0.2, 0.25) is 0 Å². The normalized spacial score (nSPS) is 18.5. The van der Waals surface area contributed by atoms with E-state index in [9.17, 15) is 0 Å². The summed E-state index contributed by atoms with van der Waals surface area (Å²) in [6.07, 6.45) is 8.50. The average molecular weight is 275 g/mol. The highest BCUT2D eigenvalue weighted by Crippen LogP contribution is 2.25. The third kappa shape index (κ3) is 4.82. The van der Waals surface area contributed by atoms with Crippen molar-refractivity contribution >= 4 is 0 Å². The summed E-state index contributed by atoms with van der Waals surface area (Å²) >= 11 is 0. The lowest BCUT2D eigenvalue weighted by molar-refractivity contribution is 0.335. The second kappa shape index (κ2) is 8.31. The first-order chi connectivity index (χ1) is 9.79.